The van der Waals surface area contributed by atoms with E-state index in [2.05, 4.69) is 15.1 Å². The summed E-state index contributed by atoms with van der Waals surface area (Å²) in [5.74, 6) is -0.260. The number of benzene rings is 1. The lowest BCUT2D eigenvalue weighted by molar-refractivity contribution is -0.141. The molecule has 0 amide bonds. The Morgan fingerprint density at radius 1 is 0.970 bits per heavy atom. The number of rotatable bonds is 4. The maximum absolute atomic E-state index is 13.1. The van der Waals surface area contributed by atoms with E-state index in [1.165, 1.54) is 16.8 Å². The van der Waals surface area contributed by atoms with Gasteiger partial charge in [-0.2, -0.15) is 18.3 Å². The summed E-state index contributed by atoms with van der Waals surface area (Å²) in [6, 6.07) is 14.1. The second-order valence-corrected chi connectivity index (χ2v) is 8.26. The lowest BCUT2D eigenvalue weighted by Crippen LogP contribution is -2.51. The first-order chi connectivity index (χ1) is 15.6. The van der Waals surface area contributed by atoms with Crippen molar-refractivity contribution in [2.75, 3.05) is 0 Å². The van der Waals surface area contributed by atoms with Crippen molar-refractivity contribution in [1.82, 2.24) is 19.7 Å². The van der Waals surface area contributed by atoms with Crippen molar-refractivity contribution in [1.29, 1.82) is 0 Å². The van der Waals surface area contributed by atoms with Crippen LogP contribution in [0.25, 0.3) is 28.0 Å². The minimum Gasteiger partial charge on any atom is -0.393 e. The fourth-order valence-corrected chi connectivity index (χ4v) is 4.03. The maximum atomic E-state index is 13.1. The minimum atomic E-state index is -4.57. The van der Waals surface area contributed by atoms with Gasteiger partial charge in [0.25, 0.3) is 0 Å². The number of aliphatic hydroxyl groups excluding tert-OH is 1. The van der Waals surface area contributed by atoms with Crippen LogP contribution in [0.3, 0.4) is 0 Å². The monoisotopic (exact) mass is 455 g/mol. The Labute approximate surface area is 186 Å². The van der Waals surface area contributed by atoms with Gasteiger partial charge in [-0.15, -0.1) is 0 Å². The standard InChI is InChI=1S/C23H20F3N5O2/c24-23(25,26)20-5-2-6-21(30-20)31-18-9-13(7-8-14(18)12-28-31)17-3-1-4-19(29-17)22(27,33)15-10-16(32)11-15/h1-9,12,15-16,32-33H,10-11,27H2/t15?,16?,22-/m1/s1. The lowest BCUT2D eigenvalue weighted by Gasteiger charge is -2.41. The smallest absolute Gasteiger partial charge is 0.393 e. The third kappa shape index (κ3) is 3.86. The Morgan fingerprint density at radius 2 is 1.70 bits per heavy atom. The minimum absolute atomic E-state index is 0.0403. The highest BCUT2D eigenvalue weighted by Crippen LogP contribution is 2.39. The molecule has 0 radical (unpaired) electrons. The Morgan fingerprint density at radius 3 is 2.42 bits per heavy atom. The van der Waals surface area contributed by atoms with E-state index in [1.807, 2.05) is 6.07 Å². The molecule has 33 heavy (non-hydrogen) atoms. The van der Waals surface area contributed by atoms with Gasteiger partial charge in [0.05, 0.1) is 29.2 Å². The van der Waals surface area contributed by atoms with Gasteiger partial charge in [-0.05, 0) is 43.2 Å². The molecule has 3 aromatic heterocycles. The second-order valence-electron chi connectivity index (χ2n) is 8.26. The van der Waals surface area contributed by atoms with E-state index in [0.717, 1.165) is 6.07 Å². The number of hydrogen-bond donors (Lipinski definition) is 3. The van der Waals surface area contributed by atoms with E-state index in [4.69, 9.17) is 5.73 Å². The quantitative estimate of drug-likeness (QED) is 0.407. The highest BCUT2D eigenvalue weighted by molar-refractivity contribution is 5.84. The molecule has 1 aliphatic rings. The van der Waals surface area contributed by atoms with Crippen LogP contribution < -0.4 is 5.73 Å². The molecule has 1 fully saturated rings. The van der Waals surface area contributed by atoms with E-state index < -0.39 is 23.7 Å². The number of aromatic nitrogens is 4. The molecule has 1 aromatic carbocycles. The Hall–Kier alpha value is -3.34. The number of halogens is 3. The molecule has 170 valence electrons. The van der Waals surface area contributed by atoms with E-state index in [1.54, 1.807) is 36.5 Å². The molecule has 1 atom stereocenters. The third-order valence-electron chi connectivity index (χ3n) is 6.00. The van der Waals surface area contributed by atoms with Gasteiger partial charge in [0.15, 0.2) is 11.5 Å². The zero-order valence-corrected chi connectivity index (χ0v) is 17.2. The van der Waals surface area contributed by atoms with Crippen LogP contribution in [0.15, 0.2) is 60.8 Å². The second kappa shape index (κ2) is 7.62. The number of nitrogens with two attached hydrogens (primary N) is 1. The van der Waals surface area contributed by atoms with Crippen LogP contribution >= 0.6 is 0 Å². The molecule has 10 heteroatoms. The van der Waals surface area contributed by atoms with Gasteiger partial charge < -0.3 is 10.2 Å². The maximum Gasteiger partial charge on any atom is 0.433 e. The Bertz CT molecular complexity index is 1330. The summed E-state index contributed by atoms with van der Waals surface area (Å²) in [6.45, 7) is 0. The summed E-state index contributed by atoms with van der Waals surface area (Å²) in [7, 11) is 0. The topological polar surface area (TPSA) is 110 Å². The first kappa shape index (κ1) is 21.5. The molecule has 0 saturated heterocycles. The number of alkyl halides is 3. The van der Waals surface area contributed by atoms with Crippen LogP contribution in [0.2, 0.25) is 0 Å². The first-order valence-electron chi connectivity index (χ1n) is 10.3. The summed E-state index contributed by atoms with van der Waals surface area (Å²) in [6.07, 6.45) is -2.70. The summed E-state index contributed by atoms with van der Waals surface area (Å²) in [5, 5.41) is 25.3. The number of aliphatic hydroxyl groups is 2. The van der Waals surface area contributed by atoms with E-state index in [0.29, 0.717) is 35.0 Å². The highest BCUT2D eigenvalue weighted by Gasteiger charge is 2.44. The fourth-order valence-electron chi connectivity index (χ4n) is 4.03. The summed E-state index contributed by atoms with van der Waals surface area (Å²) >= 11 is 0. The number of pyridine rings is 2. The highest BCUT2D eigenvalue weighted by atomic mass is 19.4. The van der Waals surface area contributed by atoms with E-state index >= 15 is 0 Å². The predicted octanol–water partition coefficient (Wildman–Crippen LogP) is 3.38. The normalized spacial score (nSPS) is 20.4. The molecular formula is C23H20F3N5O2. The average Bonchev–Trinajstić information content (AvgIpc) is 3.20. The van der Waals surface area contributed by atoms with Crippen LogP contribution in [0.1, 0.15) is 24.2 Å². The molecule has 0 bridgehead atoms. The summed E-state index contributed by atoms with van der Waals surface area (Å²) < 4.78 is 40.7. The lowest BCUT2D eigenvalue weighted by atomic mass is 9.74. The van der Waals surface area contributed by atoms with Crippen molar-refractivity contribution in [2.45, 2.75) is 30.8 Å². The zero-order valence-electron chi connectivity index (χ0n) is 17.2. The Kier molecular flexibility index (Phi) is 4.96. The Balaban J connectivity index is 1.54. The number of nitrogens with zero attached hydrogens (tertiary/aromatic N) is 4. The molecule has 1 saturated carbocycles. The molecule has 0 spiro atoms. The van der Waals surface area contributed by atoms with Crippen LogP contribution in [0, 0.1) is 5.92 Å². The average molecular weight is 455 g/mol. The molecule has 7 nitrogen and oxygen atoms in total. The molecule has 0 aliphatic heterocycles. The van der Waals surface area contributed by atoms with Gasteiger partial charge in [0.2, 0.25) is 0 Å². The van der Waals surface area contributed by atoms with Crippen molar-refractivity contribution in [3.05, 3.63) is 72.2 Å². The molecule has 4 N–H and O–H groups in total. The SMILES string of the molecule is N[C@](O)(c1cccc(-c2ccc3cnn(-c4cccc(C(F)(F)F)n4)c3c2)n1)C1CC(O)C1. The van der Waals surface area contributed by atoms with Gasteiger partial charge in [-0.25, -0.2) is 14.6 Å². The van der Waals surface area contributed by atoms with Gasteiger partial charge in [0.1, 0.15) is 5.69 Å². The van der Waals surface area contributed by atoms with E-state index in [-0.39, 0.29) is 17.4 Å². The molecule has 4 aromatic rings. The van der Waals surface area contributed by atoms with Crippen molar-refractivity contribution < 1.29 is 23.4 Å². The van der Waals surface area contributed by atoms with Crippen molar-refractivity contribution in [3.63, 3.8) is 0 Å². The first-order valence-corrected chi connectivity index (χ1v) is 10.3. The van der Waals surface area contributed by atoms with Crippen LogP contribution in [0.5, 0.6) is 0 Å². The number of fused-ring (bicyclic) bond motifs is 1. The summed E-state index contributed by atoms with van der Waals surface area (Å²) in [5.41, 5.74) is 5.50. The van der Waals surface area contributed by atoms with Crippen LogP contribution in [-0.4, -0.2) is 36.1 Å². The largest absolute Gasteiger partial charge is 0.433 e. The third-order valence-corrected chi connectivity index (χ3v) is 6.00. The van der Waals surface area contributed by atoms with Gasteiger partial charge in [0, 0.05) is 16.9 Å². The van der Waals surface area contributed by atoms with Gasteiger partial charge in [-0.1, -0.05) is 24.3 Å². The predicted molar refractivity (Wildman–Crippen MR) is 114 cm³/mol. The van der Waals surface area contributed by atoms with Crippen LogP contribution in [-0.2, 0) is 11.9 Å². The molecule has 0 unspecified atom stereocenters. The van der Waals surface area contributed by atoms with Crippen molar-refractivity contribution in [3.8, 4) is 17.1 Å². The number of hydrogen-bond acceptors (Lipinski definition) is 6. The van der Waals surface area contributed by atoms with Crippen LogP contribution in [0.4, 0.5) is 13.2 Å². The van der Waals surface area contributed by atoms with Gasteiger partial charge >= 0.3 is 6.18 Å². The molecule has 3 heterocycles. The molecule has 1 aliphatic carbocycles. The van der Waals surface area contributed by atoms with Crippen molar-refractivity contribution >= 4 is 10.9 Å². The fraction of sp³-hybridized carbons (Fsp3) is 0.261. The van der Waals surface area contributed by atoms with Crippen molar-refractivity contribution in [2.24, 2.45) is 11.7 Å². The summed E-state index contributed by atoms with van der Waals surface area (Å²) in [4.78, 5) is 8.25. The molecule has 5 rings (SSSR count). The zero-order chi connectivity index (χ0) is 23.4. The van der Waals surface area contributed by atoms with E-state index in [9.17, 15) is 23.4 Å². The molecular weight excluding hydrogens is 435 g/mol. The van der Waals surface area contributed by atoms with Gasteiger partial charge in [-0.3, -0.25) is 5.73 Å².